The number of benzene rings is 2. The van der Waals surface area contributed by atoms with Crippen molar-refractivity contribution < 1.29 is 32.6 Å². The van der Waals surface area contributed by atoms with Crippen molar-refractivity contribution in [2.45, 2.75) is 13.1 Å². The molecule has 2 amide bonds. The van der Waals surface area contributed by atoms with Gasteiger partial charge in [-0.05, 0) is 42.0 Å². The maximum Gasteiger partial charge on any atom is 0.254 e. The lowest BCUT2D eigenvalue weighted by molar-refractivity contribution is -0.133. The number of carbonyl (C=O) groups is 2. The quantitative estimate of drug-likeness (QED) is 0.348. The summed E-state index contributed by atoms with van der Waals surface area (Å²) in [6.45, 7) is 4.03. The van der Waals surface area contributed by atoms with Crippen LogP contribution in [0, 0.1) is 5.82 Å². The van der Waals surface area contributed by atoms with Crippen molar-refractivity contribution in [2.75, 3.05) is 34.4 Å². The summed E-state index contributed by atoms with van der Waals surface area (Å²) in [4.78, 5) is 29.8. The van der Waals surface area contributed by atoms with Crippen LogP contribution in [-0.2, 0) is 17.9 Å². The van der Waals surface area contributed by atoms with Gasteiger partial charge in [-0.1, -0.05) is 18.2 Å². The van der Waals surface area contributed by atoms with Gasteiger partial charge in [-0.25, -0.2) is 4.39 Å². The molecule has 0 N–H and O–H groups in total. The van der Waals surface area contributed by atoms with Crippen molar-refractivity contribution >= 4 is 11.8 Å². The Hall–Kier alpha value is -4.27. The summed E-state index contributed by atoms with van der Waals surface area (Å²) in [5.41, 5.74) is 0.998. The van der Waals surface area contributed by atoms with Crippen LogP contribution in [0.3, 0.4) is 0 Å². The van der Waals surface area contributed by atoms with Gasteiger partial charge in [0, 0.05) is 18.7 Å². The van der Waals surface area contributed by atoms with Gasteiger partial charge in [-0.15, -0.1) is 6.58 Å². The Morgan fingerprint density at radius 1 is 0.972 bits per heavy atom. The zero-order valence-electron chi connectivity index (χ0n) is 20.5. The van der Waals surface area contributed by atoms with Crippen LogP contribution in [0.15, 0.2) is 71.9 Å². The highest BCUT2D eigenvalue weighted by atomic mass is 19.1. The summed E-state index contributed by atoms with van der Waals surface area (Å²) in [5.74, 6) is 0.474. The standard InChI is InChI=1S/C27H29FN2O6/c1-5-12-29(27(32)20-14-23(33-2)26(35-4)24(15-20)34-3)18-25(31)30(17-22-7-6-13-36-22)16-19-8-10-21(28)11-9-19/h5-11,13-15H,1,12,16-18H2,2-4H3. The second kappa shape index (κ2) is 12.4. The first-order valence-electron chi connectivity index (χ1n) is 11.1. The van der Waals surface area contributed by atoms with Gasteiger partial charge in [0.15, 0.2) is 11.5 Å². The Labute approximate surface area is 209 Å². The highest BCUT2D eigenvalue weighted by Crippen LogP contribution is 2.38. The van der Waals surface area contributed by atoms with Gasteiger partial charge in [-0.2, -0.15) is 0 Å². The predicted molar refractivity (Wildman–Crippen MR) is 132 cm³/mol. The zero-order valence-corrected chi connectivity index (χ0v) is 20.5. The van der Waals surface area contributed by atoms with E-state index in [4.69, 9.17) is 18.6 Å². The smallest absolute Gasteiger partial charge is 0.254 e. The van der Waals surface area contributed by atoms with E-state index in [0.29, 0.717) is 23.0 Å². The summed E-state index contributed by atoms with van der Waals surface area (Å²) in [7, 11) is 4.39. The van der Waals surface area contributed by atoms with Crippen molar-refractivity contribution in [1.29, 1.82) is 0 Å². The second-order valence-corrected chi connectivity index (χ2v) is 7.84. The molecule has 190 valence electrons. The molecule has 0 saturated heterocycles. The van der Waals surface area contributed by atoms with Crippen LogP contribution in [0.4, 0.5) is 4.39 Å². The predicted octanol–water partition coefficient (Wildman–Crippen LogP) is 4.30. The van der Waals surface area contributed by atoms with Crippen LogP contribution in [0.1, 0.15) is 21.7 Å². The van der Waals surface area contributed by atoms with Gasteiger partial charge >= 0.3 is 0 Å². The van der Waals surface area contributed by atoms with Crippen LogP contribution < -0.4 is 14.2 Å². The van der Waals surface area contributed by atoms with Gasteiger partial charge < -0.3 is 28.4 Å². The number of methoxy groups -OCH3 is 3. The van der Waals surface area contributed by atoms with Crippen molar-refractivity contribution in [1.82, 2.24) is 9.80 Å². The van der Waals surface area contributed by atoms with E-state index >= 15 is 0 Å². The normalized spacial score (nSPS) is 10.4. The number of furan rings is 1. The van der Waals surface area contributed by atoms with E-state index < -0.39 is 5.91 Å². The Bertz CT molecular complexity index is 1150. The monoisotopic (exact) mass is 496 g/mol. The fourth-order valence-electron chi connectivity index (χ4n) is 3.66. The molecule has 0 unspecified atom stereocenters. The lowest BCUT2D eigenvalue weighted by Gasteiger charge is -2.27. The number of rotatable bonds is 12. The summed E-state index contributed by atoms with van der Waals surface area (Å²) in [6, 6.07) is 12.4. The van der Waals surface area contributed by atoms with Crippen LogP contribution in [0.5, 0.6) is 17.2 Å². The van der Waals surface area contributed by atoms with E-state index in [1.807, 2.05) is 0 Å². The average molecular weight is 497 g/mol. The minimum absolute atomic E-state index is 0.131. The van der Waals surface area contributed by atoms with Crippen molar-refractivity contribution in [3.63, 3.8) is 0 Å². The number of amides is 2. The molecule has 0 aliphatic heterocycles. The van der Waals surface area contributed by atoms with Gasteiger partial charge in [0.1, 0.15) is 18.1 Å². The highest BCUT2D eigenvalue weighted by Gasteiger charge is 2.25. The molecular weight excluding hydrogens is 467 g/mol. The van der Waals surface area contributed by atoms with Crippen LogP contribution in [0.2, 0.25) is 0 Å². The second-order valence-electron chi connectivity index (χ2n) is 7.84. The Balaban J connectivity index is 1.86. The molecule has 3 aromatic rings. The molecule has 0 spiro atoms. The fraction of sp³-hybridized carbons (Fsp3) is 0.259. The van der Waals surface area contributed by atoms with Crippen LogP contribution >= 0.6 is 0 Å². The number of hydrogen-bond donors (Lipinski definition) is 0. The Kier molecular flexibility index (Phi) is 9.10. The minimum atomic E-state index is -0.415. The van der Waals surface area contributed by atoms with Crippen molar-refractivity contribution in [3.05, 3.63) is 90.2 Å². The molecular formula is C27H29FN2O6. The molecule has 0 radical (unpaired) electrons. The first-order chi connectivity index (χ1) is 17.4. The number of nitrogens with zero attached hydrogens (tertiary/aromatic N) is 2. The lowest BCUT2D eigenvalue weighted by atomic mass is 10.1. The Morgan fingerprint density at radius 2 is 1.64 bits per heavy atom. The number of ether oxygens (including phenoxy) is 3. The summed E-state index contributed by atoms with van der Waals surface area (Å²) in [6.07, 6.45) is 3.06. The van der Waals surface area contributed by atoms with E-state index in [9.17, 15) is 14.0 Å². The molecule has 3 rings (SSSR count). The zero-order chi connectivity index (χ0) is 26.1. The average Bonchev–Trinajstić information content (AvgIpc) is 3.41. The third kappa shape index (κ3) is 6.44. The van der Waals surface area contributed by atoms with Crippen LogP contribution in [-0.4, -0.2) is 56.0 Å². The van der Waals surface area contributed by atoms with Crippen LogP contribution in [0.25, 0.3) is 0 Å². The molecule has 9 heteroatoms. The molecule has 1 aromatic heterocycles. The Morgan fingerprint density at radius 3 is 2.17 bits per heavy atom. The number of halogens is 1. The maximum atomic E-state index is 13.4. The molecule has 0 atom stereocenters. The molecule has 0 saturated carbocycles. The van der Waals surface area contributed by atoms with E-state index in [0.717, 1.165) is 5.56 Å². The summed E-state index contributed by atoms with van der Waals surface area (Å²) in [5, 5.41) is 0. The molecule has 0 fully saturated rings. The molecule has 2 aromatic carbocycles. The third-order valence-electron chi connectivity index (χ3n) is 5.44. The fourth-order valence-corrected chi connectivity index (χ4v) is 3.66. The van der Waals surface area contributed by atoms with Gasteiger partial charge in [-0.3, -0.25) is 9.59 Å². The van der Waals surface area contributed by atoms with Gasteiger partial charge in [0.05, 0.1) is 34.1 Å². The van der Waals surface area contributed by atoms with E-state index in [-0.39, 0.29) is 43.5 Å². The minimum Gasteiger partial charge on any atom is -0.493 e. The van der Waals surface area contributed by atoms with Crippen molar-refractivity contribution in [3.8, 4) is 17.2 Å². The lowest BCUT2D eigenvalue weighted by Crippen LogP contribution is -2.42. The molecule has 0 aliphatic rings. The molecule has 8 nitrogen and oxygen atoms in total. The van der Waals surface area contributed by atoms with E-state index in [2.05, 4.69) is 6.58 Å². The highest BCUT2D eigenvalue weighted by molar-refractivity contribution is 5.97. The third-order valence-corrected chi connectivity index (χ3v) is 5.44. The SMILES string of the molecule is C=CCN(CC(=O)N(Cc1ccc(F)cc1)Cc1ccco1)C(=O)c1cc(OC)c(OC)c(OC)c1. The van der Waals surface area contributed by atoms with Gasteiger partial charge in [0.2, 0.25) is 11.7 Å². The molecule has 36 heavy (non-hydrogen) atoms. The number of hydrogen-bond acceptors (Lipinski definition) is 6. The first-order valence-corrected chi connectivity index (χ1v) is 11.1. The summed E-state index contributed by atoms with van der Waals surface area (Å²) >= 11 is 0. The van der Waals surface area contributed by atoms with Crippen molar-refractivity contribution in [2.24, 2.45) is 0 Å². The summed E-state index contributed by atoms with van der Waals surface area (Å²) < 4.78 is 34.8. The molecule has 1 heterocycles. The van der Waals surface area contributed by atoms with E-state index in [1.165, 1.54) is 56.8 Å². The maximum absolute atomic E-state index is 13.4. The topological polar surface area (TPSA) is 81.5 Å². The van der Waals surface area contributed by atoms with Gasteiger partial charge in [0.25, 0.3) is 5.91 Å². The first kappa shape index (κ1) is 26.3. The molecule has 0 bridgehead atoms. The largest absolute Gasteiger partial charge is 0.493 e. The molecule has 0 aliphatic carbocycles. The van der Waals surface area contributed by atoms with E-state index in [1.54, 1.807) is 35.2 Å². The number of carbonyl (C=O) groups excluding carboxylic acids is 2.